The molecular weight excluding hydrogens is 344 g/mol. The summed E-state index contributed by atoms with van der Waals surface area (Å²) in [4.78, 5) is 28.8. The van der Waals surface area contributed by atoms with Crippen LogP contribution in [0.4, 0.5) is 0 Å². The molecule has 0 bridgehead atoms. The number of hydrogen-bond acceptors (Lipinski definition) is 5. The summed E-state index contributed by atoms with van der Waals surface area (Å²) in [7, 11) is -3.27. The van der Waals surface area contributed by atoms with E-state index in [1.54, 1.807) is 15.9 Å². The Balaban J connectivity index is 1.60. The third-order valence-electron chi connectivity index (χ3n) is 5.60. The lowest BCUT2D eigenvalue weighted by atomic mass is 9.83. The molecule has 8 nitrogen and oxygen atoms in total. The number of carbonyl (C=O) groups excluding carboxylic acids is 2. The summed E-state index contributed by atoms with van der Waals surface area (Å²) in [5, 5.41) is 6.74. The number of nitrogens with zero attached hydrogens (tertiary/aromatic N) is 3. The zero-order valence-electron chi connectivity index (χ0n) is 14.1. The molecule has 136 valence electrons. The van der Waals surface area contributed by atoms with Crippen molar-refractivity contribution in [3.05, 3.63) is 17.5 Å². The van der Waals surface area contributed by atoms with E-state index in [2.05, 4.69) is 10.2 Å². The fourth-order valence-electron chi connectivity index (χ4n) is 4.04. The number of carbonyl (C=O) groups is 2. The lowest BCUT2D eigenvalue weighted by Crippen LogP contribution is -2.63. The Morgan fingerprint density at radius 2 is 1.80 bits per heavy atom. The lowest BCUT2D eigenvalue weighted by molar-refractivity contribution is -0.143. The Morgan fingerprint density at radius 3 is 2.36 bits per heavy atom. The van der Waals surface area contributed by atoms with Crippen LogP contribution in [0.1, 0.15) is 35.4 Å². The monoisotopic (exact) mass is 366 g/mol. The van der Waals surface area contributed by atoms with Gasteiger partial charge in [0.2, 0.25) is 5.91 Å². The standard InChI is InChI=1S/C16H22N4O4S/c1-10-7-12(18-17-10)16(22)20-6-5-19(15(21)11-3-2-4-11)13-8-25(23,24)9-14(13)20/h7,11,13-14H,2-6,8-9H2,1H3,(H,17,18)/t13-,14+/m1/s1. The number of sulfone groups is 1. The van der Waals surface area contributed by atoms with Gasteiger partial charge in [0.05, 0.1) is 23.6 Å². The van der Waals surface area contributed by atoms with E-state index in [4.69, 9.17) is 0 Å². The molecule has 1 aliphatic carbocycles. The van der Waals surface area contributed by atoms with Crippen molar-refractivity contribution in [2.75, 3.05) is 24.6 Å². The van der Waals surface area contributed by atoms with Crippen molar-refractivity contribution >= 4 is 21.7 Å². The fraction of sp³-hybridized carbons (Fsp3) is 0.688. The van der Waals surface area contributed by atoms with E-state index in [1.165, 1.54) is 0 Å². The number of amides is 2. The van der Waals surface area contributed by atoms with Gasteiger partial charge in [-0.2, -0.15) is 5.10 Å². The van der Waals surface area contributed by atoms with Gasteiger partial charge in [0.15, 0.2) is 9.84 Å². The van der Waals surface area contributed by atoms with Gasteiger partial charge in [0.25, 0.3) is 5.91 Å². The van der Waals surface area contributed by atoms with Crippen LogP contribution in [0.5, 0.6) is 0 Å². The second kappa shape index (κ2) is 5.82. The molecule has 4 rings (SSSR count). The van der Waals surface area contributed by atoms with E-state index in [0.717, 1.165) is 25.0 Å². The van der Waals surface area contributed by atoms with Crippen molar-refractivity contribution in [1.29, 1.82) is 0 Å². The summed E-state index contributed by atoms with van der Waals surface area (Å²) in [6, 6.07) is 0.746. The first-order valence-electron chi connectivity index (χ1n) is 8.69. The minimum absolute atomic E-state index is 0.0280. The summed E-state index contributed by atoms with van der Waals surface area (Å²) >= 11 is 0. The number of fused-ring (bicyclic) bond motifs is 1. The number of rotatable bonds is 2. The first-order valence-corrected chi connectivity index (χ1v) is 10.5. The molecule has 3 aliphatic rings. The molecule has 0 unspecified atom stereocenters. The van der Waals surface area contributed by atoms with Gasteiger partial charge in [-0.15, -0.1) is 0 Å². The molecular formula is C16H22N4O4S. The van der Waals surface area contributed by atoms with Crippen LogP contribution >= 0.6 is 0 Å². The van der Waals surface area contributed by atoms with Crippen LogP contribution in [0.25, 0.3) is 0 Å². The topological polar surface area (TPSA) is 103 Å². The molecule has 1 N–H and O–H groups in total. The molecule has 0 radical (unpaired) electrons. The van der Waals surface area contributed by atoms with Crippen LogP contribution in [0.2, 0.25) is 0 Å². The van der Waals surface area contributed by atoms with Crippen LogP contribution in [-0.4, -0.2) is 76.9 Å². The predicted molar refractivity (Wildman–Crippen MR) is 89.6 cm³/mol. The molecule has 0 aromatic carbocycles. The second-order valence-corrected chi connectivity index (χ2v) is 9.46. The van der Waals surface area contributed by atoms with Gasteiger partial charge >= 0.3 is 0 Å². The Hall–Kier alpha value is -1.90. The molecule has 2 amide bonds. The quantitative estimate of drug-likeness (QED) is 0.792. The maximum atomic E-state index is 12.8. The van der Waals surface area contributed by atoms with E-state index < -0.39 is 21.9 Å². The molecule has 0 spiro atoms. The molecule has 1 aromatic rings. The number of aryl methyl sites for hydroxylation is 1. The highest BCUT2D eigenvalue weighted by molar-refractivity contribution is 7.91. The Bertz CT molecular complexity index is 814. The van der Waals surface area contributed by atoms with Crippen molar-refractivity contribution in [3.63, 3.8) is 0 Å². The highest BCUT2D eigenvalue weighted by Gasteiger charge is 2.50. The smallest absolute Gasteiger partial charge is 0.274 e. The van der Waals surface area contributed by atoms with Crippen LogP contribution in [0, 0.1) is 12.8 Å². The van der Waals surface area contributed by atoms with Crippen LogP contribution < -0.4 is 0 Å². The fourth-order valence-corrected chi connectivity index (χ4v) is 6.02. The summed E-state index contributed by atoms with van der Waals surface area (Å²) < 4.78 is 24.5. The van der Waals surface area contributed by atoms with Gasteiger partial charge in [0.1, 0.15) is 5.69 Å². The Kier molecular flexibility index (Phi) is 3.86. The zero-order chi connectivity index (χ0) is 17.8. The molecule has 1 saturated carbocycles. The highest BCUT2D eigenvalue weighted by atomic mass is 32.2. The number of nitrogens with one attached hydrogen (secondary N) is 1. The zero-order valence-corrected chi connectivity index (χ0v) is 15.0. The van der Waals surface area contributed by atoms with Crippen molar-refractivity contribution < 1.29 is 18.0 Å². The van der Waals surface area contributed by atoms with Gasteiger partial charge in [0, 0.05) is 24.7 Å². The van der Waals surface area contributed by atoms with Gasteiger partial charge in [-0.3, -0.25) is 14.7 Å². The predicted octanol–water partition coefficient (Wildman–Crippen LogP) is -0.0318. The maximum absolute atomic E-state index is 12.8. The number of piperazine rings is 1. The highest BCUT2D eigenvalue weighted by Crippen LogP contribution is 2.33. The Morgan fingerprint density at radius 1 is 1.16 bits per heavy atom. The third kappa shape index (κ3) is 2.84. The summed E-state index contributed by atoms with van der Waals surface area (Å²) in [5.74, 6) is -0.325. The molecule has 3 fully saturated rings. The van der Waals surface area contributed by atoms with E-state index in [-0.39, 0.29) is 29.2 Å². The van der Waals surface area contributed by atoms with Crippen LogP contribution in [-0.2, 0) is 14.6 Å². The van der Waals surface area contributed by atoms with E-state index >= 15 is 0 Å². The van der Waals surface area contributed by atoms with Crippen molar-refractivity contribution in [1.82, 2.24) is 20.0 Å². The maximum Gasteiger partial charge on any atom is 0.274 e. The van der Waals surface area contributed by atoms with E-state index in [0.29, 0.717) is 18.8 Å². The second-order valence-electron chi connectivity index (χ2n) is 7.31. The number of aromatic amines is 1. The molecule has 2 aliphatic heterocycles. The largest absolute Gasteiger partial charge is 0.335 e. The first-order chi connectivity index (χ1) is 11.9. The van der Waals surface area contributed by atoms with Gasteiger partial charge < -0.3 is 9.80 Å². The van der Waals surface area contributed by atoms with Crippen molar-refractivity contribution in [3.8, 4) is 0 Å². The molecule has 3 heterocycles. The number of H-pyrrole nitrogens is 1. The SMILES string of the molecule is Cc1cc(C(=O)N2CCN(C(=O)C3CCC3)[C@@H]3CS(=O)(=O)C[C@@H]32)n[nH]1. The van der Waals surface area contributed by atoms with Crippen molar-refractivity contribution in [2.45, 2.75) is 38.3 Å². The normalized spacial score (nSPS) is 28.5. The number of aromatic nitrogens is 2. The number of hydrogen-bond donors (Lipinski definition) is 1. The average Bonchev–Trinajstić information content (AvgIpc) is 3.05. The van der Waals surface area contributed by atoms with Crippen LogP contribution in [0.3, 0.4) is 0 Å². The van der Waals surface area contributed by atoms with E-state index in [9.17, 15) is 18.0 Å². The van der Waals surface area contributed by atoms with Crippen molar-refractivity contribution in [2.24, 2.45) is 5.92 Å². The van der Waals surface area contributed by atoms with Gasteiger partial charge in [-0.05, 0) is 25.8 Å². The molecule has 2 saturated heterocycles. The molecule has 25 heavy (non-hydrogen) atoms. The minimum Gasteiger partial charge on any atom is -0.335 e. The summed E-state index contributed by atoms with van der Waals surface area (Å²) in [6.07, 6.45) is 2.82. The summed E-state index contributed by atoms with van der Waals surface area (Å²) in [5.41, 5.74) is 1.07. The Labute approximate surface area is 146 Å². The minimum atomic E-state index is -3.27. The molecule has 9 heteroatoms. The molecule has 2 atom stereocenters. The molecule has 1 aromatic heterocycles. The first kappa shape index (κ1) is 16.6. The lowest BCUT2D eigenvalue weighted by Gasteiger charge is -2.45. The van der Waals surface area contributed by atoms with E-state index in [1.807, 2.05) is 6.92 Å². The summed E-state index contributed by atoms with van der Waals surface area (Å²) in [6.45, 7) is 2.54. The third-order valence-corrected chi connectivity index (χ3v) is 7.30. The average molecular weight is 366 g/mol. The van der Waals surface area contributed by atoms with Crippen LogP contribution in [0.15, 0.2) is 6.07 Å². The van der Waals surface area contributed by atoms with Gasteiger partial charge in [-0.1, -0.05) is 6.42 Å². The van der Waals surface area contributed by atoms with Gasteiger partial charge in [-0.25, -0.2) is 8.42 Å².